The van der Waals surface area contributed by atoms with Crippen LogP contribution in [0, 0.1) is 3.57 Å². The van der Waals surface area contributed by atoms with Gasteiger partial charge in [0.2, 0.25) is 0 Å². The van der Waals surface area contributed by atoms with Gasteiger partial charge in [0.25, 0.3) is 11.8 Å². The van der Waals surface area contributed by atoms with Gasteiger partial charge in [-0.15, -0.1) is 0 Å². The van der Waals surface area contributed by atoms with E-state index < -0.39 is 0 Å². The van der Waals surface area contributed by atoms with Crippen molar-refractivity contribution in [2.75, 3.05) is 12.4 Å². The summed E-state index contributed by atoms with van der Waals surface area (Å²) in [6.45, 7) is 0. The van der Waals surface area contributed by atoms with Crippen molar-refractivity contribution in [3.05, 3.63) is 61.6 Å². The van der Waals surface area contributed by atoms with Crippen LogP contribution in [0.2, 0.25) is 0 Å². The molecule has 2 rings (SSSR count). The van der Waals surface area contributed by atoms with Gasteiger partial charge in [0.05, 0.1) is 5.56 Å². The second-order valence-electron chi connectivity index (χ2n) is 4.24. The van der Waals surface area contributed by atoms with Crippen molar-refractivity contribution in [2.45, 2.75) is 0 Å². The molecule has 0 bridgehead atoms. The van der Waals surface area contributed by atoms with E-state index in [1.165, 1.54) is 0 Å². The number of benzene rings is 2. The fraction of sp³-hybridized carbons (Fsp3) is 0.0667. The van der Waals surface area contributed by atoms with Crippen molar-refractivity contribution >= 4 is 56.0 Å². The van der Waals surface area contributed by atoms with Crippen LogP contribution in [0.25, 0.3) is 0 Å². The van der Waals surface area contributed by atoms with E-state index >= 15 is 0 Å². The molecule has 0 saturated heterocycles. The van der Waals surface area contributed by atoms with E-state index in [0.29, 0.717) is 16.8 Å². The van der Waals surface area contributed by atoms with Crippen molar-refractivity contribution in [3.63, 3.8) is 0 Å². The smallest absolute Gasteiger partial charge is 0.256 e. The first kappa shape index (κ1) is 16.0. The summed E-state index contributed by atoms with van der Waals surface area (Å²) in [5.41, 5.74) is 1.62. The van der Waals surface area contributed by atoms with Gasteiger partial charge < -0.3 is 10.6 Å². The molecule has 0 aliphatic rings. The molecule has 0 saturated carbocycles. The van der Waals surface area contributed by atoms with Crippen LogP contribution in [-0.2, 0) is 0 Å². The molecule has 2 aromatic carbocycles. The first-order chi connectivity index (χ1) is 10.0. The number of carbonyl (C=O) groups excluding carboxylic acids is 2. The topological polar surface area (TPSA) is 58.2 Å². The third kappa shape index (κ3) is 4.04. The van der Waals surface area contributed by atoms with Crippen LogP contribution in [0.1, 0.15) is 20.7 Å². The number of hydrogen-bond donors (Lipinski definition) is 2. The molecule has 21 heavy (non-hydrogen) atoms. The Bertz CT molecular complexity index is 704. The third-order valence-corrected chi connectivity index (χ3v) is 4.15. The molecule has 0 radical (unpaired) electrons. The van der Waals surface area contributed by atoms with E-state index in [-0.39, 0.29) is 11.8 Å². The second kappa shape index (κ2) is 7.04. The van der Waals surface area contributed by atoms with E-state index in [2.05, 4.69) is 49.2 Å². The Kier molecular flexibility index (Phi) is 5.35. The van der Waals surface area contributed by atoms with Crippen molar-refractivity contribution in [1.82, 2.24) is 5.32 Å². The minimum absolute atomic E-state index is 0.193. The average Bonchev–Trinajstić information content (AvgIpc) is 2.49. The Morgan fingerprint density at radius 2 is 1.86 bits per heavy atom. The van der Waals surface area contributed by atoms with Gasteiger partial charge >= 0.3 is 0 Å². The van der Waals surface area contributed by atoms with Gasteiger partial charge in [0, 0.05) is 26.3 Å². The Balaban J connectivity index is 2.23. The van der Waals surface area contributed by atoms with E-state index in [9.17, 15) is 9.59 Å². The summed E-state index contributed by atoms with van der Waals surface area (Å²) in [6.07, 6.45) is 0. The molecule has 4 nitrogen and oxygen atoms in total. The molecule has 0 fully saturated rings. The standard InChI is InChI=1S/C15H12BrIN2O2/c1-18-14(20)9-3-2-4-11(7-9)19-15(21)12-8-10(17)5-6-13(12)16/h2-8H,1H3,(H,18,20)(H,19,21). The second-order valence-corrected chi connectivity index (χ2v) is 6.34. The van der Waals surface area contributed by atoms with Gasteiger partial charge in [0.15, 0.2) is 0 Å². The highest BCUT2D eigenvalue weighted by Crippen LogP contribution is 2.21. The number of rotatable bonds is 3. The highest BCUT2D eigenvalue weighted by atomic mass is 127. The molecule has 108 valence electrons. The zero-order valence-electron chi connectivity index (χ0n) is 11.1. The molecule has 2 N–H and O–H groups in total. The molecule has 0 unspecified atom stereocenters. The number of carbonyl (C=O) groups is 2. The van der Waals surface area contributed by atoms with Crippen LogP contribution in [0.15, 0.2) is 46.9 Å². The van der Waals surface area contributed by atoms with Crippen LogP contribution in [0.4, 0.5) is 5.69 Å². The largest absolute Gasteiger partial charge is 0.355 e. The quantitative estimate of drug-likeness (QED) is 0.689. The number of hydrogen-bond acceptors (Lipinski definition) is 2. The molecular weight excluding hydrogens is 447 g/mol. The van der Waals surface area contributed by atoms with E-state index in [4.69, 9.17) is 0 Å². The lowest BCUT2D eigenvalue weighted by Gasteiger charge is -2.08. The molecule has 0 atom stereocenters. The monoisotopic (exact) mass is 458 g/mol. The predicted octanol–water partition coefficient (Wildman–Crippen LogP) is 3.67. The van der Waals surface area contributed by atoms with Crippen LogP contribution in [0.5, 0.6) is 0 Å². The molecule has 0 spiro atoms. The Morgan fingerprint density at radius 3 is 2.57 bits per heavy atom. The summed E-state index contributed by atoms with van der Waals surface area (Å²) < 4.78 is 1.70. The molecule has 0 heterocycles. The molecule has 0 aliphatic carbocycles. The zero-order valence-corrected chi connectivity index (χ0v) is 14.9. The van der Waals surface area contributed by atoms with E-state index in [1.807, 2.05) is 12.1 Å². The maximum Gasteiger partial charge on any atom is 0.256 e. The maximum atomic E-state index is 12.3. The average molecular weight is 459 g/mol. The van der Waals surface area contributed by atoms with Crippen LogP contribution >= 0.6 is 38.5 Å². The minimum Gasteiger partial charge on any atom is -0.355 e. The normalized spacial score (nSPS) is 10.0. The summed E-state index contributed by atoms with van der Waals surface area (Å²) in [5, 5.41) is 5.34. The highest BCUT2D eigenvalue weighted by Gasteiger charge is 2.12. The Hall–Kier alpha value is -1.41. The van der Waals surface area contributed by atoms with Gasteiger partial charge in [-0.2, -0.15) is 0 Å². The lowest BCUT2D eigenvalue weighted by molar-refractivity contribution is 0.0961. The number of amides is 2. The number of halogens is 2. The lowest BCUT2D eigenvalue weighted by Crippen LogP contribution is -2.18. The van der Waals surface area contributed by atoms with E-state index in [0.717, 1.165) is 8.04 Å². The molecule has 6 heteroatoms. The summed E-state index contributed by atoms with van der Waals surface area (Å²) >= 11 is 5.52. The molecule has 2 aromatic rings. The number of anilines is 1. The first-order valence-electron chi connectivity index (χ1n) is 6.10. The minimum atomic E-state index is -0.227. The van der Waals surface area contributed by atoms with Crippen molar-refractivity contribution in [1.29, 1.82) is 0 Å². The number of nitrogens with one attached hydrogen (secondary N) is 2. The molecule has 2 amide bonds. The fourth-order valence-electron chi connectivity index (χ4n) is 1.75. The first-order valence-corrected chi connectivity index (χ1v) is 7.97. The van der Waals surface area contributed by atoms with Gasteiger partial charge in [-0.3, -0.25) is 9.59 Å². The highest BCUT2D eigenvalue weighted by molar-refractivity contribution is 14.1. The van der Waals surface area contributed by atoms with Gasteiger partial charge in [-0.05, 0) is 74.9 Å². The van der Waals surface area contributed by atoms with Crippen molar-refractivity contribution in [2.24, 2.45) is 0 Å². The zero-order chi connectivity index (χ0) is 15.4. The summed E-state index contributed by atoms with van der Waals surface area (Å²) in [5.74, 6) is -0.420. The van der Waals surface area contributed by atoms with Gasteiger partial charge in [-0.25, -0.2) is 0 Å². The molecular formula is C15H12BrIN2O2. The van der Waals surface area contributed by atoms with Crippen LogP contribution < -0.4 is 10.6 Å². The Labute approximate surface area is 144 Å². The maximum absolute atomic E-state index is 12.3. The fourth-order valence-corrected chi connectivity index (χ4v) is 2.67. The van der Waals surface area contributed by atoms with Crippen LogP contribution in [-0.4, -0.2) is 18.9 Å². The molecule has 0 aromatic heterocycles. The Morgan fingerprint density at radius 1 is 1.10 bits per heavy atom. The van der Waals surface area contributed by atoms with Gasteiger partial charge in [-0.1, -0.05) is 6.07 Å². The van der Waals surface area contributed by atoms with Crippen molar-refractivity contribution in [3.8, 4) is 0 Å². The van der Waals surface area contributed by atoms with Crippen molar-refractivity contribution < 1.29 is 9.59 Å². The predicted molar refractivity (Wildman–Crippen MR) is 94.6 cm³/mol. The van der Waals surface area contributed by atoms with Gasteiger partial charge in [0.1, 0.15) is 0 Å². The summed E-state index contributed by atoms with van der Waals surface area (Å²) in [7, 11) is 1.57. The summed E-state index contributed by atoms with van der Waals surface area (Å²) in [6, 6.07) is 12.3. The summed E-state index contributed by atoms with van der Waals surface area (Å²) in [4.78, 5) is 23.9. The third-order valence-electron chi connectivity index (χ3n) is 2.78. The lowest BCUT2D eigenvalue weighted by atomic mass is 10.1. The SMILES string of the molecule is CNC(=O)c1cccc(NC(=O)c2cc(I)ccc2Br)c1. The van der Waals surface area contributed by atoms with Crippen LogP contribution in [0.3, 0.4) is 0 Å². The van der Waals surface area contributed by atoms with E-state index in [1.54, 1.807) is 37.4 Å². The molecule has 0 aliphatic heterocycles.